The fraction of sp³-hybridized carbons (Fsp3) is 0.938. The maximum atomic E-state index is 12.9. The predicted molar refractivity (Wildman–Crippen MR) is 80.5 cm³/mol. The first kappa shape index (κ1) is 14.3. The Kier molecular flexibility index (Phi) is 4.32. The summed E-state index contributed by atoms with van der Waals surface area (Å²) in [6.45, 7) is 6.29. The molecule has 2 aliphatic heterocycles. The van der Waals surface area contributed by atoms with Gasteiger partial charge >= 0.3 is 0 Å². The number of carbonyl (C=O) groups excluding carboxylic acids is 1. The second kappa shape index (κ2) is 6.02. The lowest BCUT2D eigenvalue weighted by atomic mass is 9.67. The van der Waals surface area contributed by atoms with Crippen molar-refractivity contribution in [1.29, 1.82) is 0 Å². The molecule has 0 radical (unpaired) electrons. The first-order valence-electron chi connectivity index (χ1n) is 8.45. The molecular formula is C16H29N3O. The molecular weight excluding hydrogens is 250 g/mol. The molecule has 0 aromatic rings. The van der Waals surface area contributed by atoms with Gasteiger partial charge in [0.15, 0.2) is 0 Å². The molecule has 2 unspecified atom stereocenters. The van der Waals surface area contributed by atoms with E-state index in [0.29, 0.717) is 23.8 Å². The van der Waals surface area contributed by atoms with E-state index in [-0.39, 0.29) is 5.41 Å². The zero-order valence-corrected chi connectivity index (χ0v) is 12.7. The summed E-state index contributed by atoms with van der Waals surface area (Å²) in [4.78, 5) is 12.9. The summed E-state index contributed by atoms with van der Waals surface area (Å²) in [6, 6.07) is 0.299. The van der Waals surface area contributed by atoms with Crippen molar-refractivity contribution >= 4 is 5.91 Å². The number of rotatable bonds is 3. The van der Waals surface area contributed by atoms with Crippen molar-refractivity contribution in [1.82, 2.24) is 16.0 Å². The average Bonchev–Trinajstić information content (AvgIpc) is 2.93. The van der Waals surface area contributed by atoms with Crippen molar-refractivity contribution in [3.05, 3.63) is 0 Å². The van der Waals surface area contributed by atoms with E-state index < -0.39 is 0 Å². The normalized spacial score (nSPS) is 39.0. The first-order valence-corrected chi connectivity index (χ1v) is 8.45. The lowest BCUT2D eigenvalue weighted by molar-refractivity contribution is -0.135. The highest BCUT2D eigenvalue weighted by molar-refractivity contribution is 5.84. The molecule has 0 aromatic heterocycles. The predicted octanol–water partition coefficient (Wildman–Crippen LogP) is 1.27. The molecule has 4 atom stereocenters. The van der Waals surface area contributed by atoms with Crippen LogP contribution in [0.2, 0.25) is 0 Å². The lowest BCUT2D eigenvalue weighted by Gasteiger charge is -2.39. The summed E-state index contributed by atoms with van der Waals surface area (Å²) >= 11 is 0. The smallest absolute Gasteiger partial charge is 0.228 e. The van der Waals surface area contributed by atoms with E-state index in [2.05, 4.69) is 22.9 Å². The summed E-state index contributed by atoms with van der Waals surface area (Å²) in [7, 11) is 0. The Morgan fingerprint density at radius 1 is 1.20 bits per heavy atom. The summed E-state index contributed by atoms with van der Waals surface area (Å²) in [5.41, 5.74) is -0.103. The van der Waals surface area contributed by atoms with Crippen LogP contribution in [0.4, 0.5) is 0 Å². The minimum atomic E-state index is -0.103. The summed E-state index contributed by atoms with van der Waals surface area (Å²) in [5, 5.41) is 10.3. The van der Waals surface area contributed by atoms with Crippen LogP contribution in [0.15, 0.2) is 0 Å². The molecule has 4 nitrogen and oxygen atoms in total. The third-order valence-corrected chi connectivity index (χ3v) is 5.89. The van der Waals surface area contributed by atoms with Crippen LogP contribution in [-0.4, -0.2) is 38.1 Å². The fourth-order valence-electron chi connectivity index (χ4n) is 4.46. The Bertz CT molecular complexity index is 354. The quantitative estimate of drug-likeness (QED) is 0.729. The highest BCUT2D eigenvalue weighted by atomic mass is 16.2. The van der Waals surface area contributed by atoms with Crippen molar-refractivity contribution in [2.75, 3.05) is 26.2 Å². The maximum Gasteiger partial charge on any atom is 0.228 e. The van der Waals surface area contributed by atoms with Crippen LogP contribution in [0.1, 0.15) is 45.4 Å². The van der Waals surface area contributed by atoms with Gasteiger partial charge in [-0.05, 0) is 64.1 Å². The summed E-state index contributed by atoms with van der Waals surface area (Å²) in [6.07, 6.45) is 7.28. The molecule has 20 heavy (non-hydrogen) atoms. The van der Waals surface area contributed by atoms with E-state index in [1.807, 2.05) is 0 Å². The molecule has 3 aliphatic rings. The van der Waals surface area contributed by atoms with Gasteiger partial charge in [0.25, 0.3) is 0 Å². The van der Waals surface area contributed by atoms with Gasteiger partial charge in [-0.1, -0.05) is 12.8 Å². The molecule has 114 valence electrons. The Balaban J connectivity index is 1.62. The van der Waals surface area contributed by atoms with Crippen molar-refractivity contribution < 1.29 is 4.79 Å². The van der Waals surface area contributed by atoms with E-state index in [1.54, 1.807) is 0 Å². The van der Waals surface area contributed by atoms with E-state index in [0.717, 1.165) is 32.6 Å². The molecule has 1 amide bonds. The molecule has 4 heteroatoms. The molecule has 2 heterocycles. The van der Waals surface area contributed by atoms with Gasteiger partial charge in [-0.15, -0.1) is 0 Å². The standard InChI is InChI=1S/C16H29N3O/c1-12(13-5-4-8-17-9-13)19-15(20)16-7-3-2-6-14(16)10-18-11-16/h12-14,17-18H,2-11H2,1H3,(H,19,20)/t12?,13?,14-,16+/m0/s1. The second-order valence-corrected chi connectivity index (χ2v) is 7.10. The van der Waals surface area contributed by atoms with Crippen LogP contribution >= 0.6 is 0 Å². The largest absolute Gasteiger partial charge is 0.353 e. The molecule has 1 aliphatic carbocycles. The number of carbonyl (C=O) groups is 1. The van der Waals surface area contributed by atoms with Crippen molar-refractivity contribution in [2.24, 2.45) is 17.3 Å². The van der Waals surface area contributed by atoms with Crippen LogP contribution in [0.3, 0.4) is 0 Å². The maximum absolute atomic E-state index is 12.9. The molecule has 0 spiro atoms. The van der Waals surface area contributed by atoms with Gasteiger partial charge in [0.1, 0.15) is 0 Å². The summed E-state index contributed by atoms with van der Waals surface area (Å²) < 4.78 is 0. The highest BCUT2D eigenvalue weighted by Crippen LogP contribution is 2.44. The first-order chi connectivity index (χ1) is 9.72. The van der Waals surface area contributed by atoms with E-state index in [4.69, 9.17) is 0 Å². The minimum Gasteiger partial charge on any atom is -0.353 e. The van der Waals surface area contributed by atoms with Gasteiger partial charge in [-0.2, -0.15) is 0 Å². The molecule has 3 rings (SSSR count). The van der Waals surface area contributed by atoms with Gasteiger partial charge in [-0.3, -0.25) is 4.79 Å². The van der Waals surface area contributed by atoms with Crippen molar-refractivity contribution in [2.45, 2.75) is 51.5 Å². The zero-order chi connectivity index (χ0) is 14.0. The molecule has 0 aromatic carbocycles. The lowest BCUT2D eigenvalue weighted by Crippen LogP contribution is -2.53. The number of piperidine rings is 1. The van der Waals surface area contributed by atoms with Gasteiger partial charge < -0.3 is 16.0 Å². The van der Waals surface area contributed by atoms with Gasteiger partial charge in [0.2, 0.25) is 5.91 Å². The third-order valence-electron chi connectivity index (χ3n) is 5.89. The number of hydrogen-bond acceptors (Lipinski definition) is 3. The molecule has 1 saturated carbocycles. The Labute approximate surface area is 122 Å². The minimum absolute atomic E-state index is 0.103. The van der Waals surface area contributed by atoms with Crippen molar-refractivity contribution in [3.63, 3.8) is 0 Å². The van der Waals surface area contributed by atoms with E-state index >= 15 is 0 Å². The van der Waals surface area contributed by atoms with Crippen LogP contribution in [0.5, 0.6) is 0 Å². The molecule has 0 bridgehead atoms. The Morgan fingerprint density at radius 3 is 2.90 bits per heavy atom. The molecule has 2 saturated heterocycles. The van der Waals surface area contributed by atoms with Crippen molar-refractivity contribution in [3.8, 4) is 0 Å². The fourth-order valence-corrected chi connectivity index (χ4v) is 4.46. The topological polar surface area (TPSA) is 53.2 Å². The summed E-state index contributed by atoms with van der Waals surface area (Å²) in [5.74, 6) is 1.48. The Hall–Kier alpha value is -0.610. The number of hydrogen-bond donors (Lipinski definition) is 3. The highest BCUT2D eigenvalue weighted by Gasteiger charge is 2.50. The average molecular weight is 279 g/mol. The SMILES string of the molecule is CC(NC(=O)[C@@]12CCCC[C@H]1CNC2)C1CCCNC1. The monoisotopic (exact) mass is 279 g/mol. The molecule has 3 N–H and O–H groups in total. The van der Waals surface area contributed by atoms with Crippen LogP contribution < -0.4 is 16.0 Å². The van der Waals surface area contributed by atoms with E-state index in [1.165, 1.54) is 32.1 Å². The van der Waals surface area contributed by atoms with E-state index in [9.17, 15) is 4.79 Å². The van der Waals surface area contributed by atoms with Gasteiger partial charge in [0, 0.05) is 12.6 Å². The van der Waals surface area contributed by atoms with Crippen LogP contribution in [0, 0.1) is 17.3 Å². The zero-order valence-electron chi connectivity index (χ0n) is 12.7. The third kappa shape index (κ3) is 2.60. The van der Waals surface area contributed by atoms with Gasteiger partial charge in [-0.25, -0.2) is 0 Å². The Morgan fingerprint density at radius 2 is 2.10 bits per heavy atom. The number of nitrogens with one attached hydrogen (secondary N) is 3. The molecule has 3 fully saturated rings. The van der Waals surface area contributed by atoms with Crippen LogP contribution in [0.25, 0.3) is 0 Å². The van der Waals surface area contributed by atoms with Crippen LogP contribution in [-0.2, 0) is 4.79 Å². The number of fused-ring (bicyclic) bond motifs is 1. The second-order valence-electron chi connectivity index (χ2n) is 7.10. The van der Waals surface area contributed by atoms with Gasteiger partial charge in [0.05, 0.1) is 5.41 Å². The number of amides is 1.